The summed E-state index contributed by atoms with van der Waals surface area (Å²) in [5.74, 6) is -0.289. The molecule has 0 saturated carbocycles. The predicted octanol–water partition coefficient (Wildman–Crippen LogP) is 4.63. The Labute approximate surface area is 211 Å². The molecule has 0 radical (unpaired) electrons. The van der Waals surface area contributed by atoms with E-state index >= 15 is 0 Å². The van der Waals surface area contributed by atoms with Gasteiger partial charge in [-0.3, -0.25) is 9.88 Å². The van der Waals surface area contributed by atoms with E-state index in [-0.39, 0.29) is 16.8 Å². The minimum absolute atomic E-state index is 0.0796. The highest BCUT2D eigenvalue weighted by Gasteiger charge is 2.36. The molecule has 5 rings (SSSR count). The molecule has 9 heteroatoms. The number of rotatable bonds is 6. The smallest absolute Gasteiger partial charge is 0.244 e. The number of hydrogen-bond donors (Lipinski definition) is 0. The second kappa shape index (κ2) is 9.72. The van der Waals surface area contributed by atoms with Crippen LogP contribution in [0.2, 0.25) is 0 Å². The summed E-state index contributed by atoms with van der Waals surface area (Å²) in [6.07, 6.45) is 5.84. The van der Waals surface area contributed by atoms with E-state index in [0.717, 1.165) is 40.7 Å². The highest BCUT2D eigenvalue weighted by Crippen LogP contribution is 2.34. The first-order chi connectivity index (χ1) is 17.3. The van der Waals surface area contributed by atoms with Crippen molar-refractivity contribution >= 4 is 20.9 Å². The lowest BCUT2D eigenvalue weighted by atomic mass is 9.96. The third kappa shape index (κ3) is 4.42. The second-order valence-electron chi connectivity index (χ2n) is 9.36. The first-order valence-corrected chi connectivity index (χ1v) is 13.6. The molecule has 1 aliphatic rings. The molecule has 2 aromatic carbocycles. The number of nitrogens with zero attached hydrogens (tertiary/aromatic N) is 5. The monoisotopic (exact) mass is 507 g/mol. The summed E-state index contributed by atoms with van der Waals surface area (Å²) >= 11 is 0. The van der Waals surface area contributed by atoms with Gasteiger partial charge in [-0.2, -0.15) is 9.40 Å². The van der Waals surface area contributed by atoms with Crippen LogP contribution in [0.5, 0.6) is 0 Å². The molecule has 2 aromatic heterocycles. The van der Waals surface area contributed by atoms with Crippen LogP contribution < -0.4 is 0 Å². The number of hydrogen-bond acceptors (Lipinski definition) is 5. The van der Waals surface area contributed by atoms with Crippen LogP contribution in [0.25, 0.3) is 16.6 Å². The molecule has 0 amide bonds. The van der Waals surface area contributed by atoms with Crippen LogP contribution in [0.4, 0.5) is 4.39 Å². The standard InChI is InChI=1S/C27H30FN5O2S/c1-4-11-31-12-13-32(36(34,35)27-17-29-10-9-19(27)2)18-26(31)24-15-21-16-30-33(25(21)14-20(24)3)23-7-5-22(28)6-8-23/h5-10,14-17,26H,4,11-13,18H2,1-3H3/t26-/m1/s1. The number of sulfonamides is 1. The molecule has 7 nitrogen and oxygen atoms in total. The minimum Gasteiger partial charge on any atom is -0.294 e. The molecular weight excluding hydrogens is 477 g/mol. The third-order valence-electron chi connectivity index (χ3n) is 6.96. The Morgan fingerprint density at radius 3 is 2.53 bits per heavy atom. The van der Waals surface area contributed by atoms with Crippen molar-refractivity contribution in [3.8, 4) is 5.69 Å². The molecule has 1 saturated heterocycles. The highest BCUT2D eigenvalue weighted by atomic mass is 32.2. The minimum atomic E-state index is -3.67. The molecule has 1 fully saturated rings. The van der Waals surface area contributed by atoms with Crippen LogP contribution in [0.3, 0.4) is 0 Å². The van der Waals surface area contributed by atoms with E-state index in [1.54, 1.807) is 40.3 Å². The van der Waals surface area contributed by atoms with Crippen LogP contribution in [0.15, 0.2) is 66.0 Å². The number of fused-ring (bicyclic) bond motifs is 1. The highest BCUT2D eigenvalue weighted by molar-refractivity contribution is 7.89. The van der Waals surface area contributed by atoms with Gasteiger partial charge in [0.15, 0.2) is 0 Å². The Bertz CT molecular complexity index is 1500. The Morgan fingerprint density at radius 1 is 1.03 bits per heavy atom. The lowest BCUT2D eigenvalue weighted by Crippen LogP contribution is -2.50. The maximum absolute atomic E-state index is 13.6. The molecule has 3 heterocycles. The average molecular weight is 508 g/mol. The Balaban J connectivity index is 1.53. The zero-order valence-corrected chi connectivity index (χ0v) is 21.5. The van der Waals surface area contributed by atoms with Crippen molar-refractivity contribution in [3.05, 3.63) is 83.6 Å². The van der Waals surface area contributed by atoms with Gasteiger partial charge >= 0.3 is 0 Å². The summed E-state index contributed by atoms with van der Waals surface area (Å²) < 4.78 is 43.9. The molecule has 0 spiro atoms. The maximum atomic E-state index is 13.6. The SMILES string of the molecule is CCCN1CCN(S(=O)(=O)c2cnccc2C)C[C@@H]1c1cc2cnn(-c3ccc(F)cc3)c2cc1C. The second-order valence-corrected chi connectivity index (χ2v) is 11.3. The predicted molar refractivity (Wildman–Crippen MR) is 138 cm³/mol. The van der Waals surface area contributed by atoms with Crippen LogP contribution in [0, 0.1) is 19.7 Å². The lowest BCUT2D eigenvalue weighted by Gasteiger charge is -2.41. The van der Waals surface area contributed by atoms with Crippen molar-refractivity contribution in [3.63, 3.8) is 0 Å². The van der Waals surface area contributed by atoms with Gasteiger partial charge in [0, 0.05) is 43.5 Å². The summed E-state index contributed by atoms with van der Waals surface area (Å²) in [5.41, 5.74) is 4.57. The van der Waals surface area contributed by atoms with E-state index in [1.165, 1.54) is 18.3 Å². The third-order valence-corrected chi connectivity index (χ3v) is 8.95. The molecule has 36 heavy (non-hydrogen) atoms. The topological polar surface area (TPSA) is 71.3 Å². The molecule has 0 aliphatic carbocycles. The van der Waals surface area contributed by atoms with Crippen molar-refractivity contribution in [2.45, 2.75) is 38.1 Å². The van der Waals surface area contributed by atoms with Gasteiger partial charge in [0.25, 0.3) is 0 Å². The van der Waals surface area contributed by atoms with Gasteiger partial charge in [0.2, 0.25) is 10.0 Å². The van der Waals surface area contributed by atoms with E-state index in [1.807, 2.05) is 6.20 Å². The molecule has 0 bridgehead atoms. The maximum Gasteiger partial charge on any atom is 0.244 e. The first kappa shape index (κ1) is 24.5. The van der Waals surface area contributed by atoms with Crippen LogP contribution in [0.1, 0.15) is 36.1 Å². The normalized spacial score (nSPS) is 17.6. The fourth-order valence-electron chi connectivity index (χ4n) is 5.07. The van der Waals surface area contributed by atoms with E-state index in [4.69, 9.17) is 0 Å². The number of pyridine rings is 1. The van der Waals surface area contributed by atoms with E-state index < -0.39 is 10.0 Å². The fraction of sp³-hybridized carbons (Fsp3) is 0.333. The first-order valence-electron chi connectivity index (χ1n) is 12.2. The van der Waals surface area contributed by atoms with Crippen molar-refractivity contribution in [2.24, 2.45) is 0 Å². The van der Waals surface area contributed by atoms with Gasteiger partial charge < -0.3 is 0 Å². The molecule has 0 N–H and O–H groups in total. The molecule has 1 aliphatic heterocycles. The molecule has 188 valence electrons. The summed E-state index contributed by atoms with van der Waals surface area (Å²) in [7, 11) is -3.67. The number of piperazine rings is 1. The van der Waals surface area contributed by atoms with E-state index in [0.29, 0.717) is 25.2 Å². The van der Waals surface area contributed by atoms with E-state index in [9.17, 15) is 12.8 Å². The van der Waals surface area contributed by atoms with Gasteiger partial charge in [-0.1, -0.05) is 6.92 Å². The van der Waals surface area contributed by atoms with Gasteiger partial charge in [-0.05, 0) is 86.0 Å². The summed E-state index contributed by atoms with van der Waals surface area (Å²) in [6.45, 7) is 8.35. The number of aryl methyl sites for hydroxylation is 2. The van der Waals surface area contributed by atoms with Gasteiger partial charge in [-0.25, -0.2) is 17.5 Å². The lowest BCUT2D eigenvalue weighted by molar-refractivity contribution is 0.118. The largest absolute Gasteiger partial charge is 0.294 e. The summed E-state index contributed by atoms with van der Waals surface area (Å²) in [4.78, 5) is 6.70. The zero-order valence-electron chi connectivity index (χ0n) is 20.7. The van der Waals surface area contributed by atoms with Gasteiger partial charge in [-0.15, -0.1) is 0 Å². The van der Waals surface area contributed by atoms with Crippen molar-refractivity contribution in [1.82, 2.24) is 24.0 Å². The Morgan fingerprint density at radius 2 is 1.81 bits per heavy atom. The quantitative estimate of drug-likeness (QED) is 0.380. The molecular formula is C27H30FN5O2S. The molecule has 0 unspecified atom stereocenters. The van der Waals surface area contributed by atoms with Gasteiger partial charge in [0.05, 0.1) is 17.4 Å². The Hall–Kier alpha value is -3.14. The van der Waals surface area contributed by atoms with Crippen molar-refractivity contribution in [1.29, 1.82) is 0 Å². The molecule has 1 atom stereocenters. The van der Waals surface area contributed by atoms with E-state index in [2.05, 4.69) is 41.0 Å². The zero-order chi connectivity index (χ0) is 25.4. The summed E-state index contributed by atoms with van der Waals surface area (Å²) in [5, 5.41) is 5.51. The van der Waals surface area contributed by atoms with Gasteiger partial charge in [0.1, 0.15) is 10.7 Å². The van der Waals surface area contributed by atoms with Crippen LogP contribution in [-0.2, 0) is 10.0 Å². The fourth-order valence-corrected chi connectivity index (χ4v) is 6.67. The summed E-state index contributed by atoms with van der Waals surface area (Å²) in [6, 6.07) is 12.1. The van der Waals surface area contributed by atoms with Crippen LogP contribution in [-0.4, -0.2) is 58.6 Å². The van der Waals surface area contributed by atoms with Crippen molar-refractivity contribution in [2.75, 3.05) is 26.2 Å². The van der Waals surface area contributed by atoms with Crippen LogP contribution >= 0.6 is 0 Å². The average Bonchev–Trinajstić information content (AvgIpc) is 3.27. The molecule has 4 aromatic rings. The Kier molecular flexibility index (Phi) is 6.63. The number of halogens is 1. The van der Waals surface area contributed by atoms with Crippen molar-refractivity contribution < 1.29 is 12.8 Å². The number of aromatic nitrogens is 3. The number of benzene rings is 2.